The van der Waals surface area contributed by atoms with Gasteiger partial charge in [-0.15, -0.1) is 0 Å². The molecule has 0 unspecified atom stereocenters. The van der Waals surface area contributed by atoms with E-state index in [1.165, 1.54) is 0 Å². The first-order valence-corrected chi connectivity index (χ1v) is 6.25. The van der Waals surface area contributed by atoms with Gasteiger partial charge in [0.15, 0.2) is 0 Å². The normalized spacial score (nSPS) is 10.7. The Morgan fingerprint density at radius 2 is 1.95 bits per heavy atom. The zero-order chi connectivity index (χ0) is 13.9. The van der Waals surface area contributed by atoms with Gasteiger partial charge in [0.25, 0.3) is 0 Å². The fraction of sp³-hybridized carbons (Fsp3) is 0.133. The number of nitrogens with zero attached hydrogens (tertiary/aromatic N) is 4. The number of fused-ring (bicyclic) bond motifs is 1. The standard InChI is InChI=1S/C15H12N4O/c1-10-16-6-4-13(18-10)15-9-17-14-8-11(5-7-20)2-3-12(14)19-15/h2-4,6-9H,5H2,1H3. The molecule has 3 aromatic rings. The van der Waals surface area contributed by atoms with Gasteiger partial charge >= 0.3 is 0 Å². The van der Waals surface area contributed by atoms with Gasteiger partial charge in [-0.05, 0) is 30.7 Å². The third-order valence-electron chi connectivity index (χ3n) is 2.96. The van der Waals surface area contributed by atoms with Crippen LogP contribution in [0.2, 0.25) is 0 Å². The Kier molecular flexibility index (Phi) is 3.16. The highest BCUT2D eigenvalue weighted by atomic mass is 16.1. The fourth-order valence-electron chi connectivity index (χ4n) is 2.00. The Morgan fingerprint density at radius 1 is 1.05 bits per heavy atom. The van der Waals surface area contributed by atoms with E-state index in [9.17, 15) is 4.79 Å². The molecule has 3 rings (SSSR count). The molecule has 0 saturated carbocycles. The van der Waals surface area contributed by atoms with Gasteiger partial charge in [0.2, 0.25) is 0 Å². The van der Waals surface area contributed by atoms with Crippen LogP contribution in [0.3, 0.4) is 0 Å². The first kappa shape index (κ1) is 12.3. The van der Waals surface area contributed by atoms with Crippen LogP contribution in [0.4, 0.5) is 0 Å². The summed E-state index contributed by atoms with van der Waals surface area (Å²) in [6.45, 7) is 1.84. The topological polar surface area (TPSA) is 68.6 Å². The van der Waals surface area contributed by atoms with Gasteiger partial charge in [-0.1, -0.05) is 6.07 Å². The van der Waals surface area contributed by atoms with E-state index >= 15 is 0 Å². The van der Waals surface area contributed by atoms with Gasteiger partial charge in [0.1, 0.15) is 17.8 Å². The molecule has 0 fully saturated rings. The number of carbonyl (C=O) groups excluding carboxylic acids is 1. The lowest BCUT2D eigenvalue weighted by Crippen LogP contribution is -1.95. The van der Waals surface area contributed by atoms with Crippen LogP contribution in [-0.4, -0.2) is 26.2 Å². The lowest BCUT2D eigenvalue weighted by Gasteiger charge is -2.03. The average Bonchev–Trinajstić information content (AvgIpc) is 2.47. The number of aromatic nitrogens is 4. The summed E-state index contributed by atoms with van der Waals surface area (Å²) in [5.41, 5.74) is 3.97. The Bertz CT molecular complexity index is 786. The van der Waals surface area contributed by atoms with E-state index in [1.54, 1.807) is 12.4 Å². The summed E-state index contributed by atoms with van der Waals surface area (Å²) in [5.74, 6) is 0.700. The number of hydrogen-bond donors (Lipinski definition) is 0. The number of carbonyl (C=O) groups is 1. The van der Waals surface area contributed by atoms with E-state index in [0.29, 0.717) is 17.9 Å². The zero-order valence-corrected chi connectivity index (χ0v) is 10.9. The maximum Gasteiger partial charge on any atom is 0.125 e. The molecule has 0 aliphatic heterocycles. The van der Waals surface area contributed by atoms with Crippen LogP contribution in [0.15, 0.2) is 36.7 Å². The van der Waals surface area contributed by atoms with Crippen molar-refractivity contribution in [2.75, 3.05) is 0 Å². The molecule has 0 amide bonds. The van der Waals surface area contributed by atoms with Gasteiger partial charge in [0.05, 0.1) is 22.9 Å². The zero-order valence-electron chi connectivity index (χ0n) is 10.9. The molecule has 20 heavy (non-hydrogen) atoms. The van der Waals surface area contributed by atoms with E-state index in [2.05, 4.69) is 19.9 Å². The van der Waals surface area contributed by atoms with Crippen molar-refractivity contribution in [3.63, 3.8) is 0 Å². The predicted molar refractivity (Wildman–Crippen MR) is 75.1 cm³/mol. The minimum absolute atomic E-state index is 0.393. The van der Waals surface area contributed by atoms with E-state index in [0.717, 1.165) is 28.6 Å². The van der Waals surface area contributed by atoms with Crippen molar-refractivity contribution in [2.24, 2.45) is 0 Å². The predicted octanol–water partition coefficient (Wildman–Crippen LogP) is 2.14. The molecule has 5 heteroatoms. The van der Waals surface area contributed by atoms with Crippen molar-refractivity contribution in [1.82, 2.24) is 19.9 Å². The van der Waals surface area contributed by atoms with E-state index in [-0.39, 0.29) is 0 Å². The maximum absolute atomic E-state index is 10.5. The average molecular weight is 264 g/mol. The number of aryl methyl sites for hydroxylation is 1. The van der Waals surface area contributed by atoms with Gasteiger partial charge in [-0.3, -0.25) is 4.98 Å². The summed E-state index contributed by atoms with van der Waals surface area (Å²) in [5, 5.41) is 0. The van der Waals surface area contributed by atoms with Crippen LogP contribution in [-0.2, 0) is 11.2 Å². The van der Waals surface area contributed by atoms with Crippen LogP contribution in [0.25, 0.3) is 22.4 Å². The first-order valence-electron chi connectivity index (χ1n) is 6.25. The van der Waals surface area contributed by atoms with Crippen molar-refractivity contribution in [1.29, 1.82) is 0 Å². The molecule has 0 aliphatic carbocycles. The Morgan fingerprint density at radius 3 is 2.75 bits per heavy atom. The molecule has 0 saturated heterocycles. The van der Waals surface area contributed by atoms with Crippen LogP contribution in [0.5, 0.6) is 0 Å². The molecule has 0 spiro atoms. The van der Waals surface area contributed by atoms with Crippen molar-refractivity contribution >= 4 is 17.3 Å². The molecule has 0 aliphatic rings. The number of rotatable bonds is 3. The second kappa shape index (κ2) is 5.13. The maximum atomic E-state index is 10.5. The number of aldehydes is 1. The highest BCUT2D eigenvalue weighted by Gasteiger charge is 2.05. The first-order chi connectivity index (χ1) is 9.76. The number of hydrogen-bond acceptors (Lipinski definition) is 5. The van der Waals surface area contributed by atoms with Crippen molar-refractivity contribution in [3.8, 4) is 11.4 Å². The van der Waals surface area contributed by atoms with Gasteiger partial charge in [0, 0.05) is 12.6 Å². The summed E-state index contributed by atoms with van der Waals surface area (Å²) >= 11 is 0. The highest BCUT2D eigenvalue weighted by Crippen LogP contribution is 2.18. The summed E-state index contributed by atoms with van der Waals surface area (Å²) in [6, 6.07) is 7.45. The molecular weight excluding hydrogens is 252 g/mol. The SMILES string of the molecule is Cc1nccc(-c2cnc3cc(CC=O)ccc3n2)n1. The van der Waals surface area contributed by atoms with Crippen molar-refractivity contribution in [2.45, 2.75) is 13.3 Å². The third kappa shape index (κ3) is 2.38. The van der Waals surface area contributed by atoms with E-state index < -0.39 is 0 Å². The minimum atomic E-state index is 0.393. The van der Waals surface area contributed by atoms with Crippen LogP contribution in [0, 0.1) is 6.92 Å². The molecule has 1 aromatic carbocycles. The second-order valence-corrected chi connectivity index (χ2v) is 4.44. The lowest BCUT2D eigenvalue weighted by molar-refractivity contribution is -0.107. The minimum Gasteiger partial charge on any atom is -0.303 e. The molecular formula is C15H12N4O. The van der Waals surface area contributed by atoms with Gasteiger partial charge in [-0.25, -0.2) is 15.0 Å². The van der Waals surface area contributed by atoms with E-state index in [1.807, 2.05) is 31.2 Å². The molecule has 0 bridgehead atoms. The highest BCUT2D eigenvalue weighted by molar-refractivity contribution is 5.78. The summed E-state index contributed by atoms with van der Waals surface area (Å²) < 4.78 is 0. The van der Waals surface area contributed by atoms with Crippen LogP contribution >= 0.6 is 0 Å². The Balaban J connectivity index is 2.07. The van der Waals surface area contributed by atoms with Crippen molar-refractivity contribution < 1.29 is 4.79 Å². The molecule has 0 radical (unpaired) electrons. The van der Waals surface area contributed by atoms with E-state index in [4.69, 9.17) is 0 Å². The van der Waals surface area contributed by atoms with Crippen LogP contribution in [0.1, 0.15) is 11.4 Å². The fourth-order valence-corrected chi connectivity index (χ4v) is 2.00. The van der Waals surface area contributed by atoms with Crippen LogP contribution < -0.4 is 0 Å². The monoisotopic (exact) mass is 264 g/mol. The van der Waals surface area contributed by atoms with Gasteiger partial charge in [-0.2, -0.15) is 0 Å². The molecule has 2 aromatic heterocycles. The second-order valence-electron chi connectivity index (χ2n) is 4.44. The van der Waals surface area contributed by atoms with Crippen molar-refractivity contribution in [3.05, 3.63) is 48.0 Å². The molecule has 0 atom stereocenters. The largest absolute Gasteiger partial charge is 0.303 e. The molecule has 0 N–H and O–H groups in total. The molecule has 2 heterocycles. The third-order valence-corrected chi connectivity index (χ3v) is 2.96. The Labute approximate surface area is 115 Å². The smallest absolute Gasteiger partial charge is 0.125 e. The van der Waals surface area contributed by atoms with Gasteiger partial charge < -0.3 is 4.79 Å². The number of benzene rings is 1. The summed E-state index contributed by atoms with van der Waals surface area (Å²) in [6.07, 6.45) is 4.67. The quantitative estimate of drug-likeness (QED) is 0.678. The summed E-state index contributed by atoms with van der Waals surface area (Å²) in [4.78, 5) is 27.9. The molecule has 5 nitrogen and oxygen atoms in total. The Hall–Kier alpha value is -2.69. The summed E-state index contributed by atoms with van der Waals surface area (Å²) in [7, 11) is 0. The lowest BCUT2D eigenvalue weighted by atomic mass is 10.1. The molecule has 98 valence electrons.